The highest BCUT2D eigenvalue weighted by atomic mass is 79.9. The summed E-state index contributed by atoms with van der Waals surface area (Å²) in [5.74, 6) is -2.97. The predicted octanol–water partition coefficient (Wildman–Crippen LogP) is 2.44. The Kier molecular flexibility index (Phi) is 3.48. The van der Waals surface area contributed by atoms with Gasteiger partial charge in [0, 0.05) is 17.5 Å². The maximum Gasteiger partial charge on any atom is 0.188 e. The van der Waals surface area contributed by atoms with Gasteiger partial charge >= 0.3 is 0 Å². The third kappa shape index (κ3) is 2.55. The molecule has 0 aliphatic heterocycles. The molecule has 0 amide bonds. The fraction of sp³-hybridized carbons (Fsp3) is 0.250. The fourth-order valence-electron chi connectivity index (χ4n) is 0.782. The van der Waals surface area contributed by atoms with Gasteiger partial charge in [-0.2, -0.15) is 0 Å². The van der Waals surface area contributed by atoms with Gasteiger partial charge in [0.1, 0.15) is 5.75 Å². The van der Waals surface area contributed by atoms with E-state index in [1.165, 1.54) is 0 Å². The molecule has 2 nitrogen and oxygen atoms in total. The number of aromatic hydroxyl groups is 1. The number of benzene rings is 1. The molecule has 0 aliphatic carbocycles. The van der Waals surface area contributed by atoms with Crippen LogP contribution in [0.15, 0.2) is 12.1 Å². The van der Waals surface area contributed by atoms with Crippen molar-refractivity contribution in [1.29, 1.82) is 0 Å². The number of hydrogen-bond donors (Lipinski definition) is 1. The van der Waals surface area contributed by atoms with E-state index in [4.69, 9.17) is 9.84 Å². The highest BCUT2D eigenvalue weighted by molar-refractivity contribution is 9.09. The van der Waals surface area contributed by atoms with E-state index in [1.54, 1.807) is 0 Å². The smallest absolute Gasteiger partial charge is 0.188 e. The Morgan fingerprint density at radius 2 is 1.85 bits per heavy atom. The van der Waals surface area contributed by atoms with Gasteiger partial charge in [0.05, 0.1) is 6.61 Å². The molecule has 0 heterocycles. The molecule has 0 atom stereocenters. The molecule has 0 saturated carbocycles. The van der Waals surface area contributed by atoms with Crippen molar-refractivity contribution in [3.05, 3.63) is 23.8 Å². The van der Waals surface area contributed by atoms with Crippen LogP contribution >= 0.6 is 15.9 Å². The van der Waals surface area contributed by atoms with E-state index in [0.717, 1.165) is 12.1 Å². The summed E-state index contributed by atoms with van der Waals surface area (Å²) in [5, 5.41) is 9.31. The second-order valence-electron chi connectivity index (χ2n) is 2.27. The van der Waals surface area contributed by atoms with E-state index >= 15 is 0 Å². The molecule has 0 radical (unpaired) electrons. The Bertz CT molecular complexity index is 281. The van der Waals surface area contributed by atoms with E-state index in [2.05, 4.69) is 15.9 Å². The summed E-state index contributed by atoms with van der Waals surface area (Å²) in [6, 6.07) is 1.86. The van der Waals surface area contributed by atoms with E-state index < -0.39 is 17.4 Å². The number of halogens is 3. The number of phenolic OH excluding ortho intramolecular Hbond substituents is 1. The largest absolute Gasteiger partial charge is 0.503 e. The minimum atomic E-state index is -1.02. The molecule has 0 fully saturated rings. The molecule has 1 aromatic rings. The first-order valence-electron chi connectivity index (χ1n) is 3.52. The first-order valence-corrected chi connectivity index (χ1v) is 4.64. The minimum absolute atomic E-state index is 0.0623. The Labute approximate surface area is 82.3 Å². The average Bonchev–Trinajstić information content (AvgIpc) is 2.10. The van der Waals surface area contributed by atoms with Crippen molar-refractivity contribution in [2.24, 2.45) is 0 Å². The monoisotopic (exact) mass is 252 g/mol. The molecule has 13 heavy (non-hydrogen) atoms. The molecule has 72 valence electrons. The highest BCUT2D eigenvalue weighted by Crippen LogP contribution is 2.25. The van der Waals surface area contributed by atoms with Gasteiger partial charge in [-0.15, -0.1) is 0 Å². The Balaban J connectivity index is 2.86. The van der Waals surface area contributed by atoms with Gasteiger partial charge in [0.15, 0.2) is 17.4 Å². The summed E-state index contributed by atoms with van der Waals surface area (Å²) in [7, 11) is 0. The lowest BCUT2D eigenvalue weighted by Gasteiger charge is -2.05. The van der Waals surface area contributed by atoms with E-state index in [-0.39, 0.29) is 5.75 Å². The first-order chi connectivity index (χ1) is 6.15. The summed E-state index contributed by atoms with van der Waals surface area (Å²) in [4.78, 5) is 0. The normalized spacial score (nSPS) is 10.1. The molecule has 0 saturated heterocycles. The molecule has 0 aliphatic rings. The molecule has 0 aromatic heterocycles. The number of rotatable bonds is 3. The number of hydrogen-bond acceptors (Lipinski definition) is 2. The van der Waals surface area contributed by atoms with Gasteiger partial charge in [0.2, 0.25) is 0 Å². The van der Waals surface area contributed by atoms with Gasteiger partial charge < -0.3 is 9.84 Å². The highest BCUT2D eigenvalue weighted by Gasteiger charge is 2.09. The predicted molar refractivity (Wildman–Crippen MR) is 47.3 cm³/mol. The van der Waals surface area contributed by atoms with Crippen LogP contribution in [0.25, 0.3) is 0 Å². The van der Waals surface area contributed by atoms with Crippen LogP contribution in [0.1, 0.15) is 0 Å². The average molecular weight is 253 g/mol. The van der Waals surface area contributed by atoms with Crippen LogP contribution in [0.3, 0.4) is 0 Å². The maximum absolute atomic E-state index is 12.7. The number of ether oxygens (including phenoxy) is 1. The summed E-state index contributed by atoms with van der Waals surface area (Å²) in [6.07, 6.45) is 0. The van der Waals surface area contributed by atoms with Gasteiger partial charge in [-0.25, -0.2) is 8.78 Å². The van der Waals surface area contributed by atoms with E-state index in [1.807, 2.05) is 0 Å². The van der Waals surface area contributed by atoms with Crippen molar-refractivity contribution in [1.82, 2.24) is 0 Å². The molecule has 1 N–H and O–H groups in total. The van der Waals surface area contributed by atoms with Crippen molar-refractivity contribution in [2.45, 2.75) is 0 Å². The quantitative estimate of drug-likeness (QED) is 0.838. The topological polar surface area (TPSA) is 29.5 Å². The van der Waals surface area contributed by atoms with Crippen LogP contribution in [0.5, 0.6) is 11.5 Å². The van der Waals surface area contributed by atoms with E-state index in [9.17, 15) is 8.78 Å². The van der Waals surface area contributed by atoms with Crippen LogP contribution < -0.4 is 4.74 Å². The number of alkyl halides is 1. The summed E-state index contributed by atoms with van der Waals surface area (Å²) in [5.41, 5.74) is 0. The summed E-state index contributed by atoms with van der Waals surface area (Å²) >= 11 is 3.10. The molecular formula is C8H7BrF2O2. The zero-order valence-corrected chi connectivity index (χ0v) is 8.14. The molecule has 0 unspecified atom stereocenters. The third-order valence-electron chi connectivity index (χ3n) is 1.34. The molecule has 1 rings (SSSR count). The van der Waals surface area contributed by atoms with Gasteiger partial charge in [-0.3, -0.25) is 0 Å². The molecular weight excluding hydrogens is 246 g/mol. The zero-order valence-electron chi connectivity index (χ0n) is 6.56. The van der Waals surface area contributed by atoms with Crippen molar-refractivity contribution in [3.8, 4) is 11.5 Å². The van der Waals surface area contributed by atoms with Crippen molar-refractivity contribution in [3.63, 3.8) is 0 Å². The van der Waals surface area contributed by atoms with Crippen molar-refractivity contribution in [2.75, 3.05) is 11.9 Å². The van der Waals surface area contributed by atoms with Crippen LogP contribution in [0.4, 0.5) is 8.78 Å². The molecule has 0 spiro atoms. The zero-order chi connectivity index (χ0) is 9.84. The van der Waals surface area contributed by atoms with Gasteiger partial charge in [-0.1, -0.05) is 15.9 Å². The van der Waals surface area contributed by atoms with Crippen LogP contribution in [0.2, 0.25) is 0 Å². The standard InChI is InChI=1S/C8H7BrF2O2/c9-1-2-13-5-3-6(10)8(12)7(11)4-5/h3-4,12H,1-2H2. The second-order valence-corrected chi connectivity index (χ2v) is 3.07. The first kappa shape index (κ1) is 10.2. The lowest BCUT2D eigenvalue weighted by Crippen LogP contribution is -1.98. The second kappa shape index (κ2) is 4.41. The molecule has 1 aromatic carbocycles. The van der Waals surface area contributed by atoms with Gasteiger partial charge in [0.25, 0.3) is 0 Å². The Morgan fingerprint density at radius 1 is 1.31 bits per heavy atom. The van der Waals surface area contributed by atoms with Gasteiger partial charge in [-0.05, 0) is 0 Å². The van der Waals surface area contributed by atoms with Crippen molar-refractivity contribution < 1.29 is 18.6 Å². The molecule has 5 heteroatoms. The molecule has 0 bridgehead atoms. The minimum Gasteiger partial charge on any atom is -0.503 e. The SMILES string of the molecule is Oc1c(F)cc(OCCBr)cc1F. The maximum atomic E-state index is 12.7. The third-order valence-corrected chi connectivity index (χ3v) is 1.66. The van der Waals surface area contributed by atoms with Crippen LogP contribution in [0, 0.1) is 11.6 Å². The summed E-state index contributed by atoms with van der Waals surface area (Å²) in [6.45, 7) is 0.309. The van der Waals surface area contributed by atoms with Crippen molar-refractivity contribution >= 4 is 15.9 Å². The van der Waals surface area contributed by atoms with Crippen LogP contribution in [-0.4, -0.2) is 17.0 Å². The Hall–Kier alpha value is -0.840. The van der Waals surface area contributed by atoms with Crippen LogP contribution in [-0.2, 0) is 0 Å². The Morgan fingerprint density at radius 3 is 2.31 bits per heavy atom. The lowest BCUT2D eigenvalue weighted by atomic mass is 10.3. The lowest BCUT2D eigenvalue weighted by molar-refractivity contribution is 0.333. The number of phenols is 1. The summed E-state index contributed by atoms with van der Waals surface area (Å²) < 4.78 is 30.3. The van der Waals surface area contributed by atoms with E-state index in [0.29, 0.717) is 11.9 Å². The fourth-order valence-corrected chi connectivity index (χ4v) is 0.944.